The molecule has 0 heterocycles. The largest absolute Gasteiger partial charge is 0.496 e. The molecule has 0 atom stereocenters. The summed E-state index contributed by atoms with van der Waals surface area (Å²) in [7, 11) is 1.40. The third-order valence-corrected chi connectivity index (χ3v) is 2.33. The lowest BCUT2D eigenvalue weighted by atomic mass is 10.1. The van der Waals surface area contributed by atoms with Crippen LogP contribution in [0.15, 0.2) is 18.2 Å². The van der Waals surface area contributed by atoms with Gasteiger partial charge in [0.2, 0.25) is 0 Å². The van der Waals surface area contributed by atoms with Gasteiger partial charge in [0, 0.05) is 6.54 Å². The summed E-state index contributed by atoms with van der Waals surface area (Å²) in [6, 6.07) is 4.69. The molecule has 0 fully saturated rings. The van der Waals surface area contributed by atoms with Crippen LogP contribution >= 0.6 is 0 Å². The minimum Gasteiger partial charge on any atom is -0.496 e. The molecule has 0 aromatic heterocycles. The van der Waals surface area contributed by atoms with Crippen molar-refractivity contribution in [1.82, 2.24) is 5.32 Å². The standard InChI is InChI=1S/C14H19NO5/c1-14(2,3)20-13(18)15-8-9-5-6-11(19-4)10(7-9)12(16)17/h5-7H,8H2,1-4H3,(H,15,18)(H,16,17). The Morgan fingerprint density at radius 2 is 1.95 bits per heavy atom. The van der Waals surface area contributed by atoms with Gasteiger partial charge in [0.25, 0.3) is 0 Å². The molecular formula is C14H19NO5. The van der Waals surface area contributed by atoms with Gasteiger partial charge in [-0.2, -0.15) is 0 Å². The molecule has 110 valence electrons. The minimum atomic E-state index is -1.08. The number of aromatic carboxylic acids is 1. The Bertz CT molecular complexity index is 505. The van der Waals surface area contributed by atoms with Gasteiger partial charge in [-0.25, -0.2) is 9.59 Å². The number of hydrogen-bond donors (Lipinski definition) is 2. The van der Waals surface area contributed by atoms with Gasteiger partial charge < -0.3 is 19.9 Å². The number of carboxylic acids is 1. The number of nitrogens with one attached hydrogen (secondary N) is 1. The SMILES string of the molecule is COc1ccc(CNC(=O)OC(C)(C)C)cc1C(=O)O. The first-order valence-electron chi connectivity index (χ1n) is 6.10. The molecule has 0 aliphatic carbocycles. The summed E-state index contributed by atoms with van der Waals surface area (Å²) in [6.07, 6.45) is -0.551. The lowest BCUT2D eigenvalue weighted by Gasteiger charge is -2.19. The van der Waals surface area contributed by atoms with Crippen LogP contribution in [0.1, 0.15) is 36.7 Å². The number of methoxy groups -OCH3 is 1. The van der Waals surface area contributed by atoms with E-state index in [1.54, 1.807) is 32.9 Å². The number of alkyl carbamates (subject to hydrolysis) is 1. The van der Waals surface area contributed by atoms with E-state index in [0.717, 1.165) is 0 Å². The van der Waals surface area contributed by atoms with Crippen LogP contribution in [0.5, 0.6) is 5.75 Å². The first-order chi connectivity index (χ1) is 9.23. The molecular weight excluding hydrogens is 262 g/mol. The highest BCUT2D eigenvalue weighted by atomic mass is 16.6. The molecule has 6 heteroatoms. The van der Waals surface area contributed by atoms with Crippen LogP contribution in [0.4, 0.5) is 4.79 Å². The quantitative estimate of drug-likeness (QED) is 0.885. The first-order valence-corrected chi connectivity index (χ1v) is 6.10. The van der Waals surface area contributed by atoms with Crippen LogP contribution in [0.25, 0.3) is 0 Å². The fourth-order valence-corrected chi connectivity index (χ4v) is 1.52. The molecule has 20 heavy (non-hydrogen) atoms. The summed E-state index contributed by atoms with van der Waals surface area (Å²) in [5.74, 6) is -0.806. The molecule has 0 saturated heterocycles. The number of carbonyl (C=O) groups excluding carboxylic acids is 1. The first kappa shape index (κ1) is 15.8. The number of benzene rings is 1. The molecule has 0 unspecified atom stereocenters. The van der Waals surface area contributed by atoms with Crippen molar-refractivity contribution in [2.45, 2.75) is 32.9 Å². The van der Waals surface area contributed by atoms with E-state index in [-0.39, 0.29) is 17.9 Å². The van der Waals surface area contributed by atoms with Gasteiger partial charge in [0.1, 0.15) is 16.9 Å². The Labute approximate surface area is 117 Å². The smallest absolute Gasteiger partial charge is 0.407 e. The van der Waals surface area contributed by atoms with Crippen molar-refractivity contribution in [2.24, 2.45) is 0 Å². The molecule has 1 amide bonds. The molecule has 1 aromatic carbocycles. The van der Waals surface area contributed by atoms with Crippen molar-refractivity contribution in [3.63, 3.8) is 0 Å². The van der Waals surface area contributed by atoms with E-state index in [1.807, 2.05) is 0 Å². The fraction of sp³-hybridized carbons (Fsp3) is 0.429. The molecule has 6 nitrogen and oxygen atoms in total. The van der Waals surface area contributed by atoms with E-state index in [4.69, 9.17) is 14.6 Å². The third kappa shape index (κ3) is 4.79. The Morgan fingerprint density at radius 1 is 1.30 bits per heavy atom. The van der Waals surface area contributed by atoms with Crippen molar-refractivity contribution in [2.75, 3.05) is 7.11 Å². The predicted octanol–water partition coefficient (Wildman–Crippen LogP) is 2.42. The number of rotatable bonds is 4. The second-order valence-corrected chi connectivity index (χ2v) is 5.20. The van der Waals surface area contributed by atoms with E-state index in [9.17, 15) is 9.59 Å². The summed E-state index contributed by atoms with van der Waals surface area (Å²) in [5.41, 5.74) is 0.126. The topological polar surface area (TPSA) is 84.9 Å². The Balaban J connectivity index is 2.72. The average Bonchev–Trinajstić information content (AvgIpc) is 2.33. The zero-order valence-corrected chi connectivity index (χ0v) is 12.0. The van der Waals surface area contributed by atoms with Crippen LogP contribution in [0, 0.1) is 0 Å². The van der Waals surface area contributed by atoms with Crippen molar-refractivity contribution >= 4 is 12.1 Å². The summed E-state index contributed by atoms with van der Waals surface area (Å²) >= 11 is 0. The van der Waals surface area contributed by atoms with Crippen molar-refractivity contribution < 1.29 is 24.2 Å². The predicted molar refractivity (Wildman–Crippen MR) is 73.0 cm³/mol. The van der Waals surface area contributed by atoms with E-state index in [2.05, 4.69) is 5.32 Å². The Morgan fingerprint density at radius 3 is 2.45 bits per heavy atom. The highest BCUT2D eigenvalue weighted by Crippen LogP contribution is 2.19. The van der Waals surface area contributed by atoms with E-state index in [0.29, 0.717) is 5.56 Å². The second kappa shape index (κ2) is 6.27. The van der Waals surface area contributed by atoms with Gasteiger partial charge in [-0.3, -0.25) is 0 Å². The number of ether oxygens (including phenoxy) is 2. The average molecular weight is 281 g/mol. The Kier molecular flexibility index (Phi) is 4.96. The van der Waals surface area contributed by atoms with Gasteiger partial charge in [-0.15, -0.1) is 0 Å². The molecule has 0 bridgehead atoms. The summed E-state index contributed by atoms with van der Waals surface area (Å²) in [6.45, 7) is 5.48. The minimum absolute atomic E-state index is 0.0518. The molecule has 0 aliphatic heterocycles. The second-order valence-electron chi connectivity index (χ2n) is 5.20. The maximum Gasteiger partial charge on any atom is 0.407 e. The lowest BCUT2D eigenvalue weighted by molar-refractivity contribution is 0.0523. The normalized spacial score (nSPS) is 10.8. The van der Waals surface area contributed by atoms with Gasteiger partial charge in [-0.1, -0.05) is 6.07 Å². The fourth-order valence-electron chi connectivity index (χ4n) is 1.52. The molecule has 0 aliphatic rings. The molecule has 0 saturated carbocycles. The zero-order chi connectivity index (χ0) is 15.3. The summed E-state index contributed by atoms with van der Waals surface area (Å²) in [4.78, 5) is 22.6. The van der Waals surface area contributed by atoms with Crippen LogP contribution in [-0.2, 0) is 11.3 Å². The highest BCUT2D eigenvalue weighted by molar-refractivity contribution is 5.91. The number of carbonyl (C=O) groups is 2. The third-order valence-electron chi connectivity index (χ3n) is 2.33. The van der Waals surface area contributed by atoms with Crippen LogP contribution in [-0.4, -0.2) is 29.9 Å². The van der Waals surface area contributed by atoms with E-state index >= 15 is 0 Å². The number of carboxylic acid groups (broad SMARTS) is 1. The van der Waals surface area contributed by atoms with Crippen molar-refractivity contribution in [3.05, 3.63) is 29.3 Å². The molecule has 1 aromatic rings. The number of amides is 1. The van der Waals surface area contributed by atoms with Gasteiger partial charge in [0.05, 0.1) is 7.11 Å². The Hall–Kier alpha value is -2.24. The highest BCUT2D eigenvalue weighted by Gasteiger charge is 2.16. The van der Waals surface area contributed by atoms with Gasteiger partial charge in [-0.05, 0) is 38.5 Å². The van der Waals surface area contributed by atoms with Crippen LogP contribution < -0.4 is 10.1 Å². The maximum absolute atomic E-state index is 11.5. The molecule has 0 spiro atoms. The van der Waals surface area contributed by atoms with E-state index < -0.39 is 17.7 Å². The molecule has 1 rings (SSSR count). The van der Waals surface area contributed by atoms with Gasteiger partial charge >= 0.3 is 12.1 Å². The summed E-state index contributed by atoms with van der Waals surface area (Å²) < 4.78 is 10.1. The van der Waals surface area contributed by atoms with E-state index in [1.165, 1.54) is 13.2 Å². The molecule has 0 radical (unpaired) electrons. The van der Waals surface area contributed by atoms with Gasteiger partial charge in [0.15, 0.2) is 0 Å². The maximum atomic E-state index is 11.5. The van der Waals surface area contributed by atoms with Crippen LogP contribution in [0.3, 0.4) is 0 Å². The van der Waals surface area contributed by atoms with Crippen LogP contribution in [0.2, 0.25) is 0 Å². The lowest BCUT2D eigenvalue weighted by Crippen LogP contribution is -2.32. The zero-order valence-electron chi connectivity index (χ0n) is 12.0. The van der Waals surface area contributed by atoms with Crippen molar-refractivity contribution in [1.29, 1.82) is 0 Å². The molecule has 2 N–H and O–H groups in total. The monoisotopic (exact) mass is 281 g/mol. The van der Waals surface area contributed by atoms with Crippen molar-refractivity contribution in [3.8, 4) is 5.75 Å². The number of hydrogen-bond acceptors (Lipinski definition) is 4. The summed E-state index contributed by atoms with van der Waals surface area (Å²) in [5, 5.41) is 11.6.